The van der Waals surface area contributed by atoms with E-state index in [4.69, 9.17) is 0 Å². The molecule has 1 aliphatic carbocycles. The molecule has 0 amide bonds. The second-order valence-corrected chi connectivity index (χ2v) is 3.74. The zero-order valence-corrected chi connectivity index (χ0v) is 7.53. The summed E-state index contributed by atoms with van der Waals surface area (Å²) < 4.78 is 0. The van der Waals surface area contributed by atoms with Crippen LogP contribution in [-0.4, -0.2) is 13.1 Å². The van der Waals surface area contributed by atoms with Crippen molar-refractivity contribution in [1.82, 2.24) is 5.32 Å². The lowest BCUT2D eigenvalue weighted by Gasteiger charge is -2.09. The van der Waals surface area contributed by atoms with Gasteiger partial charge in [-0.1, -0.05) is 25.0 Å². The summed E-state index contributed by atoms with van der Waals surface area (Å²) in [5.41, 5.74) is 1.24. The predicted molar refractivity (Wildman–Crippen MR) is 49.6 cm³/mol. The van der Waals surface area contributed by atoms with Gasteiger partial charge in [0.15, 0.2) is 0 Å². The highest BCUT2D eigenvalue weighted by atomic mass is 14.9. The van der Waals surface area contributed by atoms with Gasteiger partial charge >= 0.3 is 0 Å². The number of hydrogen-bond donors (Lipinski definition) is 1. The molecule has 0 bridgehead atoms. The fourth-order valence-electron chi connectivity index (χ4n) is 1.70. The molecule has 1 nitrogen and oxygen atoms in total. The van der Waals surface area contributed by atoms with Crippen molar-refractivity contribution in [3.63, 3.8) is 0 Å². The Labute approximate surface area is 69.9 Å². The summed E-state index contributed by atoms with van der Waals surface area (Å²) in [6.45, 7) is 8.13. The van der Waals surface area contributed by atoms with Crippen molar-refractivity contribution in [2.24, 2.45) is 5.92 Å². The van der Waals surface area contributed by atoms with Gasteiger partial charge in [-0.15, -0.1) is 0 Å². The lowest BCUT2D eigenvalue weighted by atomic mass is 10.1. The summed E-state index contributed by atoms with van der Waals surface area (Å²) in [6.07, 6.45) is 5.76. The second-order valence-electron chi connectivity index (χ2n) is 3.74. The third kappa shape index (κ3) is 3.57. The molecule has 0 saturated heterocycles. The Kier molecular flexibility index (Phi) is 3.64. The number of rotatable bonds is 4. The molecule has 1 rings (SSSR count). The Balaban J connectivity index is 1.98. The highest BCUT2D eigenvalue weighted by Gasteiger charge is 2.13. The van der Waals surface area contributed by atoms with Crippen LogP contribution < -0.4 is 5.32 Å². The molecule has 0 heterocycles. The van der Waals surface area contributed by atoms with Gasteiger partial charge in [-0.05, 0) is 32.2 Å². The minimum absolute atomic E-state index is 0.953. The van der Waals surface area contributed by atoms with Crippen LogP contribution in [-0.2, 0) is 0 Å². The van der Waals surface area contributed by atoms with E-state index >= 15 is 0 Å². The van der Waals surface area contributed by atoms with Crippen molar-refractivity contribution in [3.8, 4) is 0 Å². The molecular formula is C10H19N. The lowest BCUT2D eigenvalue weighted by molar-refractivity contribution is 0.502. The van der Waals surface area contributed by atoms with Crippen LogP contribution in [0.3, 0.4) is 0 Å². The first-order valence-electron chi connectivity index (χ1n) is 4.64. The first-order chi connectivity index (χ1) is 5.29. The van der Waals surface area contributed by atoms with E-state index in [1.807, 2.05) is 0 Å². The van der Waals surface area contributed by atoms with Gasteiger partial charge in [0, 0.05) is 6.54 Å². The van der Waals surface area contributed by atoms with Gasteiger partial charge in [-0.2, -0.15) is 0 Å². The summed E-state index contributed by atoms with van der Waals surface area (Å²) in [6, 6.07) is 0. The van der Waals surface area contributed by atoms with Crippen LogP contribution in [0, 0.1) is 5.92 Å². The number of nitrogens with one attached hydrogen (secondary N) is 1. The van der Waals surface area contributed by atoms with Crippen LogP contribution in [0.15, 0.2) is 12.2 Å². The molecule has 1 aliphatic rings. The summed E-state index contributed by atoms with van der Waals surface area (Å²) >= 11 is 0. The maximum Gasteiger partial charge on any atom is 0.0159 e. The Morgan fingerprint density at radius 3 is 2.64 bits per heavy atom. The fraction of sp³-hybridized carbons (Fsp3) is 0.800. The molecule has 1 N–H and O–H groups in total. The molecule has 1 saturated carbocycles. The molecule has 1 heteroatoms. The Morgan fingerprint density at radius 2 is 2.09 bits per heavy atom. The standard InChI is InChI=1S/C10H19N/c1-9(2)7-11-8-10-5-3-4-6-10/h10-11H,1,3-8H2,2H3. The molecule has 0 aromatic rings. The third-order valence-corrected chi connectivity index (χ3v) is 2.33. The molecule has 11 heavy (non-hydrogen) atoms. The average Bonchev–Trinajstić information content (AvgIpc) is 2.39. The Hall–Kier alpha value is -0.300. The summed E-state index contributed by atoms with van der Waals surface area (Å²) in [7, 11) is 0. The normalized spacial score (nSPS) is 19.0. The lowest BCUT2D eigenvalue weighted by Crippen LogP contribution is -2.22. The van der Waals surface area contributed by atoms with E-state index in [0.29, 0.717) is 0 Å². The monoisotopic (exact) mass is 153 g/mol. The highest BCUT2D eigenvalue weighted by molar-refractivity contribution is 4.90. The van der Waals surface area contributed by atoms with Crippen molar-refractivity contribution < 1.29 is 0 Å². The quantitative estimate of drug-likeness (QED) is 0.611. The van der Waals surface area contributed by atoms with Crippen molar-refractivity contribution in [1.29, 1.82) is 0 Å². The summed E-state index contributed by atoms with van der Waals surface area (Å²) in [5, 5.41) is 3.43. The van der Waals surface area contributed by atoms with Crippen LogP contribution in [0.2, 0.25) is 0 Å². The van der Waals surface area contributed by atoms with E-state index in [0.717, 1.165) is 12.5 Å². The van der Waals surface area contributed by atoms with Gasteiger partial charge in [0.1, 0.15) is 0 Å². The van der Waals surface area contributed by atoms with Crippen LogP contribution in [0.4, 0.5) is 0 Å². The Bertz CT molecular complexity index is 123. The first kappa shape index (κ1) is 8.79. The smallest absolute Gasteiger partial charge is 0.0159 e. The van der Waals surface area contributed by atoms with Crippen molar-refractivity contribution in [2.75, 3.05) is 13.1 Å². The van der Waals surface area contributed by atoms with Gasteiger partial charge in [0.05, 0.1) is 0 Å². The molecule has 0 aromatic carbocycles. The zero-order chi connectivity index (χ0) is 8.10. The summed E-state index contributed by atoms with van der Waals surface area (Å²) in [5.74, 6) is 0.953. The molecule has 0 atom stereocenters. The maximum atomic E-state index is 3.86. The first-order valence-corrected chi connectivity index (χ1v) is 4.64. The van der Waals surface area contributed by atoms with Gasteiger partial charge in [-0.25, -0.2) is 0 Å². The minimum Gasteiger partial charge on any atom is -0.313 e. The largest absolute Gasteiger partial charge is 0.313 e. The molecule has 0 unspecified atom stereocenters. The van der Waals surface area contributed by atoms with Crippen molar-refractivity contribution >= 4 is 0 Å². The minimum atomic E-state index is 0.953. The van der Waals surface area contributed by atoms with Crippen LogP contribution in [0.1, 0.15) is 32.6 Å². The molecule has 1 fully saturated rings. The van der Waals surface area contributed by atoms with E-state index in [2.05, 4.69) is 18.8 Å². The van der Waals surface area contributed by atoms with Gasteiger partial charge in [0.25, 0.3) is 0 Å². The van der Waals surface area contributed by atoms with E-state index in [1.165, 1.54) is 37.8 Å². The Morgan fingerprint density at radius 1 is 1.45 bits per heavy atom. The average molecular weight is 153 g/mol. The predicted octanol–water partition coefficient (Wildman–Crippen LogP) is 2.34. The van der Waals surface area contributed by atoms with Crippen LogP contribution in [0.5, 0.6) is 0 Å². The zero-order valence-electron chi connectivity index (χ0n) is 7.53. The molecular weight excluding hydrogens is 134 g/mol. The van der Waals surface area contributed by atoms with Gasteiger partial charge < -0.3 is 5.32 Å². The number of hydrogen-bond acceptors (Lipinski definition) is 1. The topological polar surface area (TPSA) is 12.0 Å². The van der Waals surface area contributed by atoms with E-state index in [1.54, 1.807) is 0 Å². The van der Waals surface area contributed by atoms with E-state index in [-0.39, 0.29) is 0 Å². The van der Waals surface area contributed by atoms with E-state index < -0.39 is 0 Å². The molecule has 0 aromatic heterocycles. The van der Waals surface area contributed by atoms with Gasteiger partial charge in [0.2, 0.25) is 0 Å². The van der Waals surface area contributed by atoms with Crippen LogP contribution >= 0.6 is 0 Å². The SMILES string of the molecule is C=C(C)CNCC1CCCC1. The second kappa shape index (κ2) is 4.55. The summed E-state index contributed by atoms with van der Waals surface area (Å²) in [4.78, 5) is 0. The van der Waals surface area contributed by atoms with Crippen LogP contribution in [0.25, 0.3) is 0 Å². The fourth-order valence-corrected chi connectivity index (χ4v) is 1.70. The molecule has 0 radical (unpaired) electrons. The van der Waals surface area contributed by atoms with Crippen molar-refractivity contribution in [3.05, 3.63) is 12.2 Å². The third-order valence-electron chi connectivity index (χ3n) is 2.33. The van der Waals surface area contributed by atoms with E-state index in [9.17, 15) is 0 Å². The maximum absolute atomic E-state index is 3.86. The molecule has 0 spiro atoms. The van der Waals surface area contributed by atoms with Gasteiger partial charge in [-0.3, -0.25) is 0 Å². The van der Waals surface area contributed by atoms with Crippen molar-refractivity contribution in [2.45, 2.75) is 32.6 Å². The molecule has 64 valence electrons. The highest BCUT2D eigenvalue weighted by Crippen LogP contribution is 2.23. The molecule has 0 aliphatic heterocycles.